The predicted molar refractivity (Wildman–Crippen MR) is 148 cm³/mol. The van der Waals surface area contributed by atoms with Crippen molar-refractivity contribution in [1.82, 2.24) is 25.0 Å². The van der Waals surface area contributed by atoms with E-state index in [2.05, 4.69) is 25.0 Å². The van der Waals surface area contributed by atoms with Gasteiger partial charge in [0.05, 0.1) is 5.56 Å². The Morgan fingerprint density at radius 2 is 1.76 bits per heavy atom. The van der Waals surface area contributed by atoms with Crippen molar-refractivity contribution in [3.05, 3.63) is 59.2 Å². The molecule has 0 spiro atoms. The van der Waals surface area contributed by atoms with E-state index in [0.717, 1.165) is 57.3 Å². The minimum absolute atomic E-state index is 0.0706. The van der Waals surface area contributed by atoms with Gasteiger partial charge in [-0.25, -0.2) is 18.7 Å². The molecule has 1 aromatic carbocycles. The van der Waals surface area contributed by atoms with Gasteiger partial charge >= 0.3 is 6.01 Å². The summed E-state index contributed by atoms with van der Waals surface area (Å²) in [6.45, 7) is 2.91. The SMILES string of the molecule is NC1CN(c2ncc(C(=O)N(C3CC3)C3CCN(c4nc(C5CCCO5)no4)CC3)cn2)CC1c1cc(F)ccc1F. The Labute approximate surface area is 242 Å². The summed E-state index contributed by atoms with van der Waals surface area (Å²) in [5.41, 5.74) is 6.99. The van der Waals surface area contributed by atoms with Crippen molar-refractivity contribution in [2.75, 3.05) is 42.6 Å². The number of amides is 1. The number of carbonyl (C=O) groups excluding carboxylic acids is 1. The predicted octanol–water partition coefficient (Wildman–Crippen LogP) is 3.19. The molecular weight excluding hydrogens is 546 g/mol. The Morgan fingerprint density at radius 3 is 2.48 bits per heavy atom. The molecule has 4 aliphatic rings. The van der Waals surface area contributed by atoms with Gasteiger partial charge in [-0.05, 0) is 62.3 Å². The van der Waals surface area contributed by atoms with Crippen LogP contribution in [0.2, 0.25) is 0 Å². The van der Waals surface area contributed by atoms with Crippen molar-refractivity contribution in [2.45, 2.75) is 68.7 Å². The number of anilines is 2. The smallest absolute Gasteiger partial charge is 0.324 e. The van der Waals surface area contributed by atoms with E-state index in [0.29, 0.717) is 49.5 Å². The number of nitrogens with two attached hydrogens (primary N) is 1. The van der Waals surface area contributed by atoms with Crippen LogP contribution >= 0.6 is 0 Å². The molecular formula is C29H34F2N8O3. The molecule has 7 rings (SSSR count). The van der Waals surface area contributed by atoms with E-state index in [1.54, 1.807) is 12.4 Å². The third-order valence-electron chi connectivity index (χ3n) is 8.84. The van der Waals surface area contributed by atoms with Crippen molar-refractivity contribution >= 4 is 17.9 Å². The number of benzene rings is 1. The number of ether oxygens (including phenoxy) is 1. The van der Waals surface area contributed by atoms with Crippen LogP contribution in [0.1, 0.15) is 72.3 Å². The lowest BCUT2D eigenvalue weighted by Crippen LogP contribution is -2.48. The number of hydrogen-bond donors (Lipinski definition) is 1. The molecule has 5 heterocycles. The van der Waals surface area contributed by atoms with Gasteiger partial charge in [0.15, 0.2) is 0 Å². The molecule has 2 N–H and O–H groups in total. The van der Waals surface area contributed by atoms with Gasteiger partial charge in [-0.3, -0.25) is 4.79 Å². The van der Waals surface area contributed by atoms with Gasteiger partial charge in [0.1, 0.15) is 17.7 Å². The monoisotopic (exact) mass is 580 g/mol. The zero-order chi connectivity index (χ0) is 28.8. The Kier molecular flexibility index (Phi) is 7.22. The van der Waals surface area contributed by atoms with Crippen LogP contribution in [-0.2, 0) is 4.74 Å². The lowest BCUT2D eigenvalue weighted by Gasteiger charge is -2.38. The largest absolute Gasteiger partial charge is 0.370 e. The zero-order valence-electron chi connectivity index (χ0n) is 23.2. The van der Waals surface area contributed by atoms with E-state index in [-0.39, 0.29) is 29.7 Å². The topological polar surface area (TPSA) is 127 Å². The Balaban J connectivity index is 0.991. The Hall–Kier alpha value is -3.71. The molecule has 1 aliphatic carbocycles. The third kappa shape index (κ3) is 5.31. The molecule has 11 nitrogen and oxygen atoms in total. The molecule has 1 amide bonds. The summed E-state index contributed by atoms with van der Waals surface area (Å²) in [4.78, 5) is 33.2. The Morgan fingerprint density at radius 1 is 1.00 bits per heavy atom. The highest BCUT2D eigenvalue weighted by molar-refractivity contribution is 5.94. The minimum atomic E-state index is -0.500. The van der Waals surface area contributed by atoms with Crippen molar-refractivity contribution in [1.29, 1.82) is 0 Å². The summed E-state index contributed by atoms with van der Waals surface area (Å²) in [6.07, 6.45) is 8.51. The molecule has 3 aromatic rings. The number of nitrogens with zero attached hydrogens (tertiary/aromatic N) is 7. The summed E-state index contributed by atoms with van der Waals surface area (Å²) < 4.78 is 39.4. The third-order valence-corrected chi connectivity index (χ3v) is 8.84. The maximum atomic E-state index is 14.4. The zero-order valence-corrected chi connectivity index (χ0v) is 23.2. The van der Waals surface area contributed by atoms with Crippen LogP contribution in [0.25, 0.3) is 0 Å². The highest BCUT2D eigenvalue weighted by Crippen LogP contribution is 2.35. The van der Waals surface area contributed by atoms with E-state index < -0.39 is 23.6 Å². The van der Waals surface area contributed by atoms with Crippen LogP contribution < -0.4 is 15.5 Å². The minimum Gasteiger partial charge on any atom is -0.370 e. The molecule has 1 saturated carbocycles. The second-order valence-corrected chi connectivity index (χ2v) is 11.7. The van der Waals surface area contributed by atoms with Crippen LogP contribution in [0.3, 0.4) is 0 Å². The van der Waals surface area contributed by atoms with Crippen LogP contribution in [0.15, 0.2) is 35.1 Å². The number of aromatic nitrogens is 4. The maximum Gasteiger partial charge on any atom is 0.324 e. The number of piperidine rings is 1. The van der Waals surface area contributed by atoms with Crippen LogP contribution in [0.4, 0.5) is 20.7 Å². The fraction of sp³-hybridized carbons (Fsp3) is 0.552. The summed E-state index contributed by atoms with van der Waals surface area (Å²) in [6, 6.07) is 3.85. The van der Waals surface area contributed by atoms with Gasteiger partial charge in [-0.1, -0.05) is 5.16 Å². The molecule has 4 fully saturated rings. The first-order valence-electron chi connectivity index (χ1n) is 14.7. The average Bonchev–Trinajstić information content (AvgIpc) is 3.37. The van der Waals surface area contributed by atoms with Crippen molar-refractivity contribution in [3.63, 3.8) is 0 Å². The van der Waals surface area contributed by atoms with Crippen LogP contribution in [0.5, 0.6) is 0 Å². The molecule has 3 atom stereocenters. The quantitative estimate of drug-likeness (QED) is 0.445. The van der Waals surface area contributed by atoms with E-state index in [4.69, 9.17) is 15.0 Å². The highest BCUT2D eigenvalue weighted by atomic mass is 19.1. The molecule has 0 bridgehead atoms. The number of rotatable bonds is 7. The van der Waals surface area contributed by atoms with Gasteiger partial charge in [0, 0.05) is 69.2 Å². The molecule has 222 valence electrons. The lowest BCUT2D eigenvalue weighted by atomic mass is 9.94. The highest BCUT2D eigenvalue weighted by Gasteiger charge is 2.40. The number of carbonyl (C=O) groups is 1. The lowest BCUT2D eigenvalue weighted by molar-refractivity contribution is 0.0628. The molecule has 2 aromatic heterocycles. The standard InChI is InChI=1S/C29H34F2N8O3/c30-18-3-6-23(31)21(12-18)22-15-38(16-24(22)32)28-33-13-17(14-34-28)27(40)39(19-4-5-19)20-7-9-37(10-8-20)29-35-26(36-42-29)25-2-1-11-41-25/h3,6,12-14,19-20,22,24-25H,1-2,4-5,7-11,15-16,32H2. The molecule has 42 heavy (non-hydrogen) atoms. The fourth-order valence-electron chi connectivity index (χ4n) is 6.45. The van der Waals surface area contributed by atoms with E-state index >= 15 is 0 Å². The summed E-state index contributed by atoms with van der Waals surface area (Å²) in [5, 5.41) is 4.13. The van der Waals surface area contributed by atoms with E-state index in [1.807, 2.05) is 9.80 Å². The molecule has 0 radical (unpaired) electrons. The van der Waals surface area contributed by atoms with Crippen LogP contribution in [-0.4, -0.2) is 81.8 Å². The van der Waals surface area contributed by atoms with Gasteiger partial charge in [-0.2, -0.15) is 4.98 Å². The molecule has 3 unspecified atom stereocenters. The summed E-state index contributed by atoms with van der Waals surface area (Å²) in [7, 11) is 0. The normalized spacial score (nSPS) is 24.9. The first-order valence-corrected chi connectivity index (χ1v) is 14.7. The number of halogens is 2. The van der Waals surface area contributed by atoms with Gasteiger partial charge in [-0.15, -0.1) is 0 Å². The average molecular weight is 581 g/mol. The van der Waals surface area contributed by atoms with Crippen LogP contribution in [0, 0.1) is 11.6 Å². The second-order valence-electron chi connectivity index (χ2n) is 11.7. The Bertz CT molecular complexity index is 1420. The van der Waals surface area contributed by atoms with Gasteiger partial charge in [0.2, 0.25) is 11.8 Å². The van der Waals surface area contributed by atoms with Crippen molar-refractivity contribution in [2.24, 2.45) is 5.73 Å². The van der Waals surface area contributed by atoms with E-state index in [9.17, 15) is 13.6 Å². The molecule has 3 saturated heterocycles. The first kappa shape index (κ1) is 27.1. The first-order chi connectivity index (χ1) is 20.4. The fourth-order valence-corrected chi connectivity index (χ4v) is 6.45. The van der Waals surface area contributed by atoms with Crippen molar-refractivity contribution in [3.8, 4) is 0 Å². The number of hydrogen-bond acceptors (Lipinski definition) is 10. The van der Waals surface area contributed by atoms with E-state index in [1.165, 1.54) is 6.07 Å². The van der Waals surface area contributed by atoms with Crippen molar-refractivity contribution < 1.29 is 22.8 Å². The molecule has 3 aliphatic heterocycles. The van der Waals surface area contributed by atoms with Gasteiger partial charge in [0.25, 0.3) is 5.91 Å². The maximum absolute atomic E-state index is 14.4. The molecule has 13 heteroatoms. The van der Waals surface area contributed by atoms with Gasteiger partial charge < -0.3 is 29.7 Å². The summed E-state index contributed by atoms with van der Waals surface area (Å²) >= 11 is 0. The second kappa shape index (κ2) is 11.2. The summed E-state index contributed by atoms with van der Waals surface area (Å²) in [5.74, 6) is -0.423.